The Bertz CT molecular complexity index is 1080. The smallest absolute Gasteiger partial charge is 0.240 e. The zero-order chi connectivity index (χ0) is 27.4. The SMILES string of the molecule is CCCCCCCCCCCCCCCCCC(=O)N/N=C/c1cn(-c2ccccc2)nc1-c1ccccc1. The van der Waals surface area contributed by atoms with Crippen molar-refractivity contribution in [2.24, 2.45) is 5.10 Å². The first kappa shape index (κ1) is 30.3. The minimum absolute atomic E-state index is 0.0299. The van der Waals surface area contributed by atoms with Crippen molar-refractivity contribution in [1.82, 2.24) is 15.2 Å². The van der Waals surface area contributed by atoms with E-state index in [1.807, 2.05) is 71.5 Å². The summed E-state index contributed by atoms with van der Waals surface area (Å²) >= 11 is 0. The van der Waals surface area contributed by atoms with E-state index < -0.39 is 0 Å². The van der Waals surface area contributed by atoms with E-state index in [0.29, 0.717) is 6.42 Å². The molecule has 0 radical (unpaired) electrons. The highest BCUT2D eigenvalue weighted by atomic mass is 16.2. The molecule has 0 atom stereocenters. The van der Waals surface area contributed by atoms with Gasteiger partial charge in [0.15, 0.2) is 0 Å². The van der Waals surface area contributed by atoms with Crippen LogP contribution in [-0.4, -0.2) is 21.9 Å². The molecule has 3 rings (SSSR count). The molecule has 0 unspecified atom stereocenters. The number of unbranched alkanes of at least 4 members (excludes halogenated alkanes) is 14. The maximum absolute atomic E-state index is 12.3. The monoisotopic (exact) mass is 528 g/mol. The average molecular weight is 529 g/mol. The van der Waals surface area contributed by atoms with Gasteiger partial charge >= 0.3 is 0 Å². The van der Waals surface area contributed by atoms with Gasteiger partial charge in [0.25, 0.3) is 0 Å². The van der Waals surface area contributed by atoms with Crippen molar-refractivity contribution in [3.05, 3.63) is 72.4 Å². The van der Waals surface area contributed by atoms with E-state index in [-0.39, 0.29) is 5.91 Å². The molecule has 1 amide bonds. The van der Waals surface area contributed by atoms with Crippen LogP contribution in [0.25, 0.3) is 16.9 Å². The van der Waals surface area contributed by atoms with Crippen LogP contribution in [0.2, 0.25) is 0 Å². The molecule has 0 spiro atoms. The fourth-order valence-electron chi connectivity index (χ4n) is 4.90. The molecule has 39 heavy (non-hydrogen) atoms. The van der Waals surface area contributed by atoms with Crippen LogP contribution < -0.4 is 5.43 Å². The van der Waals surface area contributed by atoms with E-state index in [4.69, 9.17) is 5.10 Å². The Morgan fingerprint density at radius 1 is 0.744 bits per heavy atom. The Morgan fingerprint density at radius 2 is 1.26 bits per heavy atom. The second-order valence-electron chi connectivity index (χ2n) is 10.6. The molecule has 5 heteroatoms. The lowest BCUT2D eigenvalue weighted by Gasteiger charge is -2.03. The van der Waals surface area contributed by atoms with Crippen LogP contribution in [-0.2, 0) is 4.79 Å². The van der Waals surface area contributed by atoms with Crippen molar-refractivity contribution in [2.75, 3.05) is 0 Å². The fourth-order valence-corrected chi connectivity index (χ4v) is 4.90. The zero-order valence-corrected chi connectivity index (χ0v) is 24.0. The van der Waals surface area contributed by atoms with Gasteiger partial charge in [-0.3, -0.25) is 4.79 Å². The number of amides is 1. The van der Waals surface area contributed by atoms with Gasteiger partial charge in [-0.05, 0) is 18.6 Å². The third-order valence-electron chi connectivity index (χ3n) is 7.21. The predicted molar refractivity (Wildman–Crippen MR) is 164 cm³/mol. The molecule has 0 saturated heterocycles. The molecular formula is C34H48N4O. The van der Waals surface area contributed by atoms with Crippen molar-refractivity contribution in [3.63, 3.8) is 0 Å². The summed E-state index contributed by atoms with van der Waals surface area (Å²) in [5.74, 6) is -0.0299. The predicted octanol–water partition coefficient (Wildman–Crippen LogP) is 9.25. The number of aromatic nitrogens is 2. The topological polar surface area (TPSA) is 59.3 Å². The van der Waals surface area contributed by atoms with Crippen LogP contribution in [0, 0.1) is 0 Å². The standard InChI is InChI=1S/C34H48N4O/c1-2-3-4-5-6-7-8-9-10-11-12-13-14-15-22-27-33(39)36-35-28-31-29-38(32-25-20-17-21-26-32)37-34(31)30-23-18-16-19-24-30/h16-21,23-26,28-29H,2-15,22,27H2,1H3,(H,36,39)/b35-28+. The van der Waals surface area contributed by atoms with Gasteiger partial charge in [-0.25, -0.2) is 10.1 Å². The molecule has 0 aliphatic carbocycles. The number of nitrogens with zero attached hydrogens (tertiary/aromatic N) is 3. The van der Waals surface area contributed by atoms with Gasteiger partial charge in [0, 0.05) is 23.7 Å². The van der Waals surface area contributed by atoms with Crippen LogP contribution in [0.15, 0.2) is 72.0 Å². The first-order chi connectivity index (χ1) is 19.3. The molecule has 2 aromatic carbocycles. The summed E-state index contributed by atoms with van der Waals surface area (Å²) in [6, 6.07) is 20.0. The number of benzene rings is 2. The molecular weight excluding hydrogens is 480 g/mol. The Morgan fingerprint density at radius 3 is 1.82 bits per heavy atom. The highest BCUT2D eigenvalue weighted by Crippen LogP contribution is 2.22. The van der Waals surface area contributed by atoms with Crippen LogP contribution in [0.4, 0.5) is 0 Å². The fraction of sp³-hybridized carbons (Fsp3) is 0.500. The van der Waals surface area contributed by atoms with Crippen LogP contribution >= 0.6 is 0 Å². The molecule has 1 heterocycles. The van der Waals surface area contributed by atoms with Crippen molar-refractivity contribution in [1.29, 1.82) is 0 Å². The molecule has 5 nitrogen and oxygen atoms in total. The lowest BCUT2D eigenvalue weighted by Crippen LogP contribution is -2.16. The van der Waals surface area contributed by atoms with Gasteiger partial charge < -0.3 is 0 Å². The molecule has 210 valence electrons. The summed E-state index contributed by atoms with van der Waals surface area (Å²) in [6.45, 7) is 2.28. The number of carbonyl (C=O) groups is 1. The highest BCUT2D eigenvalue weighted by Gasteiger charge is 2.11. The molecule has 1 aromatic heterocycles. The molecule has 0 bridgehead atoms. The molecule has 0 aliphatic rings. The minimum atomic E-state index is -0.0299. The van der Waals surface area contributed by atoms with Crippen molar-refractivity contribution >= 4 is 12.1 Å². The Hall–Kier alpha value is -3.21. The largest absolute Gasteiger partial charge is 0.273 e. The zero-order valence-electron chi connectivity index (χ0n) is 24.0. The van der Waals surface area contributed by atoms with E-state index in [2.05, 4.69) is 17.5 Å². The maximum Gasteiger partial charge on any atom is 0.240 e. The van der Waals surface area contributed by atoms with Crippen LogP contribution in [0.1, 0.15) is 115 Å². The number of hydrogen-bond acceptors (Lipinski definition) is 3. The first-order valence-corrected chi connectivity index (χ1v) is 15.3. The number of hydrogen-bond donors (Lipinski definition) is 1. The second-order valence-corrected chi connectivity index (χ2v) is 10.6. The Balaban J connectivity index is 1.29. The van der Waals surface area contributed by atoms with Crippen molar-refractivity contribution in [2.45, 2.75) is 110 Å². The van der Waals surface area contributed by atoms with E-state index in [1.54, 1.807) is 6.21 Å². The third-order valence-corrected chi connectivity index (χ3v) is 7.21. The second kappa shape index (κ2) is 18.9. The minimum Gasteiger partial charge on any atom is -0.273 e. The molecule has 0 fully saturated rings. The quantitative estimate of drug-likeness (QED) is 0.0902. The summed E-state index contributed by atoms with van der Waals surface area (Å²) < 4.78 is 1.85. The number of rotatable bonds is 20. The van der Waals surface area contributed by atoms with E-state index in [0.717, 1.165) is 35.3 Å². The number of nitrogens with one attached hydrogen (secondary N) is 1. The summed E-state index contributed by atoms with van der Waals surface area (Å²) in [7, 11) is 0. The molecule has 0 aliphatic heterocycles. The molecule has 3 aromatic rings. The number of carbonyl (C=O) groups excluding carboxylic acids is 1. The van der Waals surface area contributed by atoms with Gasteiger partial charge in [-0.15, -0.1) is 0 Å². The van der Waals surface area contributed by atoms with Gasteiger partial charge in [0.05, 0.1) is 11.9 Å². The number of hydrazone groups is 1. The van der Waals surface area contributed by atoms with Crippen molar-refractivity contribution < 1.29 is 4.79 Å². The van der Waals surface area contributed by atoms with E-state index in [1.165, 1.54) is 83.5 Å². The summed E-state index contributed by atoms with van der Waals surface area (Å²) in [5.41, 5.74) is 6.38. The van der Waals surface area contributed by atoms with Crippen LogP contribution in [0.5, 0.6) is 0 Å². The van der Waals surface area contributed by atoms with Gasteiger partial charge in [0.2, 0.25) is 5.91 Å². The highest BCUT2D eigenvalue weighted by molar-refractivity contribution is 5.89. The lowest BCUT2D eigenvalue weighted by atomic mass is 10.0. The van der Waals surface area contributed by atoms with Crippen molar-refractivity contribution in [3.8, 4) is 16.9 Å². The van der Waals surface area contributed by atoms with Gasteiger partial charge in [0.1, 0.15) is 5.69 Å². The van der Waals surface area contributed by atoms with E-state index >= 15 is 0 Å². The average Bonchev–Trinajstić information content (AvgIpc) is 3.40. The normalized spacial score (nSPS) is 11.3. The van der Waals surface area contributed by atoms with E-state index in [9.17, 15) is 4.79 Å². The third kappa shape index (κ3) is 12.0. The van der Waals surface area contributed by atoms with Gasteiger partial charge in [-0.1, -0.05) is 145 Å². The lowest BCUT2D eigenvalue weighted by molar-refractivity contribution is -0.121. The summed E-state index contributed by atoms with van der Waals surface area (Å²) in [5, 5.41) is 9.03. The summed E-state index contributed by atoms with van der Waals surface area (Å²) in [4.78, 5) is 12.3. The Kier molecular flexibility index (Phi) is 14.7. The molecule has 0 saturated carbocycles. The molecule has 1 N–H and O–H groups in total. The Labute approximate surface area is 236 Å². The number of para-hydroxylation sites is 1. The van der Waals surface area contributed by atoms with Crippen LogP contribution in [0.3, 0.4) is 0 Å². The first-order valence-electron chi connectivity index (χ1n) is 15.3. The van der Waals surface area contributed by atoms with Gasteiger partial charge in [-0.2, -0.15) is 10.2 Å². The summed E-state index contributed by atoms with van der Waals surface area (Å²) in [6.07, 6.45) is 24.0. The maximum atomic E-state index is 12.3.